The van der Waals surface area contributed by atoms with E-state index in [-0.39, 0.29) is 63.3 Å². The molecule has 3 aliphatic rings. The Hall–Kier alpha value is -5.55. The van der Waals surface area contributed by atoms with Crippen LogP contribution in [0.3, 0.4) is 0 Å². The van der Waals surface area contributed by atoms with Crippen molar-refractivity contribution in [2.45, 2.75) is 116 Å². The molecule has 75 heavy (non-hydrogen) atoms. The number of likely N-dealkylation sites (tertiary alicyclic amines) is 1. The number of β-amino-alcohol motifs (C(OH)–C–C–N with tert-alkyl or cyclic N) is 1. The summed E-state index contributed by atoms with van der Waals surface area (Å²) in [6.45, 7) is 13.2. The molecular formula is C54H71F3N10O7S. The molecule has 0 bridgehead atoms. The number of ether oxygens (including phenoxy) is 2. The van der Waals surface area contributed by atoms with Crippen molar-refractivity contribution in [1.29, 1.82) is 0 Å². The second kappa shape index (κ2) is 25.1. The van der Waals surface area contributed by atoms with E-state index in [9.17, 15) is 37.8 Å². The topological polar surface area (TPSA) is 200 Å². The number of alkyl halides is 3. The standard InChI is InChI=1S/C54H71F3N10O7S/c1-35-47(75-34-61-35)39-11-5-36(6-12-39)28-59-50(71)45-27-42(69)31-67(45)51(72)48(53(2,3)4)62-46(70)33-74-26-25-73-24-23-64-19-21-65(22-20-64)30-37-7-9-38(10-8-37)44-32-66(40-13-15-41(68)16-14-40)49-43(44)29-60-52(63-49)58-18-17-54(55,56)57/h5-12,29,32,34,40-42,45,48,68-69H,13-28,30-31,33H2,1-4H3,(H,59,71)(H,62,70)(H,58,60,63)/t40?,41?,42-,45+,48-/m1/s1. The maximum atomic E-state index is 14.0. The number of halogens is 3. The van der Waals surface area contributed by atoms with Crippen LogP contribution in [0.25, 0.3) is 32.6 Å². The molecule has 5 N–H and O–H groups in total. The monoisotopic (exact) mass is 1060 g/mol. The first-order valence-electron chi connectivity index (χ1n) is 26.0. The zero-order valence-electron chi connectivity index (χ0n) is 43.3. The molecule has 3 aromatic heterocycles. The smallest absolute Gasteiger partial charge is 0.390 e. The summed E-state index contributed by atoms with van der Waals surface area (Å²) in [7, 11) is 0. The Morgan fingerprint density at radius 2 is 1.53 bits per heavy atom. The van der Waals surface area contributed by atoms with E-state index in [0.29, 0.717) is 31.7 Å². The van der Waals surface area contributed by atoms with Crippen LogP contribution in [0.2, 0.25) is 0 Å². The molecule has 2 aliphatic heterocycles. The van der Waals surface area contributed by atoms with Gasteiger partial charge in [-0.1, -0.05) is 69.3 Å². The molecule has 17 nitrogen and oxygen atoms in total. The Morgan fingerprint density at radius 1 is 0.853 bits per heavy atom. The normalized spacial score (nSPS) is 20.4. The van der Waals surface area contributed by atoms with E-state index in [1.807, 2.05) is 57.5 Å². The van der Waals surface area contributed by atoms with Gasteiger partial charge in [-0.3, -0.25) is 24.2 Å². The number of thiazole rings is 1. The van der Waals surface area contributed by atoms with Crippen LogP contribution in [0.15, 0.2) is 66.4 Å². The van der Waals surface area contributed by atoms with Gasteiger partial charge in [0.15, 0.2) is 0 Å². The number of amides is 3. The van der Waals surface area contributed by atoms with E-state index in [2.05, 4.69) is 75.7 Å². The number of piperazine rings is 1. The molecule has 8 rings (SSSR count). The average Bonchev–Trinajstić information content (AvgIpc) is 4.11. The Balaban J connectivity index is 0.730. The number of hydrogen-bond acceptors (Lipinski definition) is 14. The molecule has 3 amide bonds. The second-order valence-corrected chi connectivity index (χ2v) is 21.9. The first kappa shape index (κ1) is 55.7. The van der Waals surface area contributed by atoms with E-state index in [0.717, 1.165) is 90.3 Å². The summed E-state index contributed by atoms with van der Waals surface area (Å²) >= 11 is 1.57. The maximum absolute atomic E-state index is 14.0. The Bertz CT molecular complexity index is 2680. The summed E-state index contributed by atoms with van der Waals surface area (Å²) in [5.41, 5.74) is 7.79. The number of carbonyl (C=O) groups excluding carboxylic acids is 3. The molecule has 0 unspecified atom stereocenters. The van der Waals surface area contributed by atoms with Gasteiger partial charge in [-0.25, -0.2) is 9.97 Å². The molecular weight excluding hydrogens is 990 g/mol. The number of benzene rings is 2. The van der Waals surface area contributed by atoms with Crippen molar-refractivity contribution in [3.63, 3.8) is 0 Å². The zero-order valence-corrected chi connectivity index (χ0v) is 44.1. The van der Waals surface area contributed by atoms with Crippen LogP contribution in [0.1, 0.15) is 82.2 Å². The number of aliphatic hydroxyl groups is 2. The van der Waals surface area contributed by atoms with Crippen molar-refractivity contribution in [1.82, 2.24) is 44.9 Å². The molecule has 2 aromatic carbocycles. The summed E-state index contributed by atoms with van der Waals surface area (Å²) in [5.74, 6) is -1.13. The predicted octanol–water partition coefficient (Wildman–Crippen LogP) is 6.33. The molecule has 0 radical (unpaired) electrons. The molecule has 3 atom stereocenters. The molecule has 5 heterocycles. The summed E-state index contributed by atoms with van der Waals surface area (Å²) in [4.78, 5) is 61.2. The van der Waals surface area contributed by atoms with Gasteiger partial charge < -0.3 is 45.1 Å². The number of rotatable bonds is 21. The Labute approximate surface area is 440 Å². The molecule has 1 saturated carbocycles. The number of aliphatic hydroxyl groups excluding tert-OH is 2. The number of fused-ring (bicyclic) bond motifs is 1. The Morgan fingerprint density at radius 3 is 2.21 bits per heavy atom. The maximum Gasteiger partial charge on any atom is 0.390 e. The van der Waals surface area contributed by atoms with Gasteiger partial charge in [0, 0.05) is 94.7 Å². The SMILES string of the molecule is Cc1ncsc1-c1ccc(CNC(=O)[C@@H]2C[C@@H](O)CN2C(=O)[C@@H](NC(=O)COCCOCCN2CCN(Cc3ccc(-c4cn(C5CCC(O)CC5)c5nc(NCCC(F)(F)F)ncc45)cc3)CC2)C(C)(C)C)cc1. The van der Waals surface area contributed by atoms with Gasteiger partial charge in [0.05, 0.1) is 54.5 Å². The fourth-order valence-electron chi connectivity index (χ4n) is 10.1. The van der Waals surface area contributed by atoms with Crippen LogP contribution in [0.4, 0.5) is 19.1 Å². The highest BCUT2D eigenvalue weighted by molar-refractivity contribution is 7.13. The first-order chi connectivity index (χ1) is 35.9. The highest BCUT2D eigenvalue weighted by Gasteiger charge is 2.44. The first-order valence-corrected chi connectivity index (χ1v) is 26.9. The lowest BCUT2D eigenvalue weighted by Crippen LogP contribution is -2.58. The lowest BCUT2D eigenvalue weighted by atomic mass is 9.85. The molecule has 21 heteroatoms. The van der Waals surface area contributed by atoms with E-state index in [4.69, 9.17) is 9.47 Å². The Kier molecular flexibility index (Phi) is 18.6. The minimum absolute atomic E-state index is 0.0186. The van der Waals surface area contributed by atoms with Gasteiger partial charge in [0.2, 0.25) is 23.7 Å². The molecule has 406 valence electrons. The van der Waals surface area contributed by atoms with Crippen molar-refractivity contribution in [3.8, 4) is 21.6 Å². The van der Waals surface area contributed by atoms with Crippen LogP contribution >= 0.6 is 11.3 Å². The quantitative estimate of drug-likeness (QED) is 0.0512. The van der Waals surface area contributed by atoms with Crippen molar-refractivity contribution < 1.29 is 47.2 Å². The van der Waals surface area contributed by atoms with E-state index in [1.54, 1.807) is 17.5 Å². The number of hydrogen-bond donors (Lipinski definition) is 5. The second-order valence-electron chi connectivity index (χ2n) is 21.1. The van der Waals surface area contributed by atoms with Crippen LogP contribution in [0, 0.1) is 12.3 Å². The van der Waals surface area contributed by atoms with Crippen molar-refractivity contribution >= 4 is 46.0 Å². The largest absolute Gasteiger partial charge is 0.393 e. The summed E-state index contributed by atoms with van der Waals surface area (Å²) < 4.78 is 52.1. The lowest BCUT2D eigenvalue weighted by molar-refractivity contribution is -0.144. The third-order valence-electron chi connectivity index (χ3n) is 14.3. The van der Waals surface area contributed by atoms with Crippen molar-refractivity contribution in [2.75, 3.05) is 77.6 Å². The third kappa shape index (κ3) is 15.1. The minimum Gasteiger partial charge on any atom is -0.393 e. The lowest BCUT2D eigenvalue weighted by Gasteiger charge is -2.35. The number of carbonyl (C=O) groups is 3. The molecule has 3 fully saturated rings. The van der Waals surface area contributed by atoms with Gasteiger partial charge >= 0.3 is 6.18 Å². The van der Waals surface area contributed by atoms with Crippen LogP contribution in [-0.2, 0) is 36.9 Å². The number of aryl methyl sites for hydroxylation is 1. The van der Waals surface area contributed by atoms with Gasteiger partial charge in [-0.15, -0.1) is 11.3 Å². The third-order valence-corrected chi connectivity index (χ3v) is 15.3. The zero-order chi connectivity index (χ0) is 53.3. The van der Waals surface area contributed by atoms with E-state index < -0.39 is 48.0 Å². The number of anilines is 1. The fraction of sp³-hybridized carbons (Fsp3) is 0.556. The van der Waals surface area contributed by atoms with Crippen molar-refractivity contribution in [3.05, 3.63) is 83.3 Å². The van der Waals surface area contributed by atoms with Crippen LogP contribution < -0.4 is 16.0 Å². The predicted molar refractivity (Wildman–Crippen MR) is 281 cm³/mol. The highest BCUT2D eigenvalue weighted by Crippen LogP contribution is 2.37. The van der Waals surface area contributed by atoms with Crippen LogP contribution in [-0.4, -0.2) is 165 Å². The molecule has 0 spiro atoms. The number of nitrogens with zero attached hydrogens (tertiary/aromatic N) is 7. The summed E-state index contributed by atoms with van der Waals surface area (Å²) in [6, 6.07) is 14.6. The van der Waals surface area contributed by atoms with E-state index >= 15 is 0 Å². The van der Waals surface area contributed by atoms with Gasteiger partial charge in [0.25, 0.3) is 0 Å². The highest BCUT2D eigenvalue weighted by atomic mass is 32.1. The summed E-state index contributed by atoms with van der Waals surface area (Å²) in [6.07, 6.45) is 0.287. The number of nitrogens with one attached hydrogen (secondary N) is 3. The molecule has 1 aliphatic carbocycles. The molecule has 5 aromatic rings. The van der Waals surface area contributed by atoms with Gasteiger partial charge in [0.1, 0.15) is 24.3 Å². The van der Waals surface area contributed by atoms with E-state index in [1.165, 1.54) is 10.5 Å². The molecule has 2 saturated heterocycles. The number of aromatic nitrogens is 4. The van der Waals surface area contributed by atoms with Gasteiger partial charge in [-0.05, 0) is 60.3 Å². The fourth-order valence-corrected chi connectivity index (χ4v) is 10.9. The minimum atomic E-state index is -4.28. The average molecular weight is 1060 g/mol. The summed E-state index contributed by atoms with van der Waals surface area (Å²) in [5, 5.41) is 30.1. The van der Waals surface area contributed by atoms with Crippen molar-refractivity contribution in [2.24, 2.45) is 5.41 Å². The van der Waals surface area contributed by atoms with Gasteiger partial charge in [-0.2, -0.15) is 18.2 Å². The van der Waals surface area contributed by atoms with Crippen LogP contribution in [0.5, 0.6) is 0 Å².